The van der Waals surface area contributed by atoms with Crippen molar-refractivity contribution in [1.29, 1.82) is 0 Å². The first kappa shape index (κ1) is 11.5. The molecule has 3 aromatic rings. The highest BCUT2D eigenvalue weighted by Gasteiger charge is 2.13. The highest BCUT2D eigenvalue weighted by Crippen LogP contribution is 2.28. The molecule has 2 N–H and O–H groups in total. The second-order valence-electron chi connectivity index (χ2n) is 4.31. The van der Waals surface area contributed by atoms with Crippen molar-refractivity contribution in [3.8, 4) is 17.0 Å². The Hall–Kier alpha value is -2.56. The molecule has 0 saturated carbocycles. The van der Waals surface area contributed by atoms with Crippen molar-refractivity contribution in [3.05, 3.63) is 42.0 Å². The molecule has 5 heteroatoms. The molecular weight excluding hydrogens is 240 g/mol. The van der Waals surface area contributed by atoms with Crippen LogP contribution in [0.25, 0.3) is 16.9 Å². The van der Waals surface area contributed by atoms with E-state index in [4.69, 9.17) is 10.5 Å². The first-order valence-corrected chi connectivity index (χ1v) is 5.96. The maximum absolute atomic E-state index is 5.70. The topological polar surface area (TPSA) is 65.4 Å². The van der Waals surface area contributed by atoms with Gasteiger partial charge in [-0.25, -0.2) is 4.52 Å². The molecule has 0 atom stereocenters. The Bertz CT molecular complexity index is 748. The van der Waals surface area contributed by atoms with Crippen LogP contribution in [-0.2, 0) is 0 Å². The van der Waals surface area contributed by atoms with Crippen LogP contribution in [-0.4, -0.2) is 21.7 Å². The number of hydrogen-bond donors (Lipinski definition) is 1. The zero-order valence-corrected chi connectivity index (χ0v) is 10.8. The summed E-state index contributed by atoms with van der Waals surface area (Å²) in [5.41, 5.74) is 9.54. The molecular formula is C14H14N4O. The van der Waals surface area contributed by atoms with E-state index in [1.54, 1.807) is 11.6 Å². The van der Waals surface area contributed by atoms with Crippen molar-refractivity contribution in [2.75, 3.05) is 12.8 Å². The van der Waals surface area contributed by atoms with Crippen molar-refractivity contribution in [2.45, 2.75) is 6.92 Å². The van der Waals surface area contributed by atoms with Gasteiger partial charge in [0.2, 0.25) is 5.95 Å². The summed E-state index contributed by atoms with van der Waals surface area (Å²) in [5, 5.41) is 4.24. The van der Waals surface area contributed by atoms with E-state index < -0.39 is 0 Å². The number of aryl methyl sites for hydroxylation is 1. The Morgan fingerprint density at radius 2 is 1.95 bits per heavy atom. The molecule has 0 aliphatic heterocycles. The van der Waals surface area contributed by atoms with Crippen LogP contribution in [0.2, 0.25) is 0 Å². The summed E-state index contributed by atoms with van der Waals surface area (Å²) < 4.78 is 7.00. The summed E-state index contributed by atoms with van der Waals surface area (Å²) >= 11 is 0. The highest BCUT2D eigenvalue weighted by molar-refractivity contribution is 5.69. The Balaban J connectivity index is 2.34. The number of benzene rings is 1. The summed E-state index contributed by atoms with van der Waals surface area (Å²) in [6.45, 7) is 2.06. The van der Waals surface area contributed by atoms with Crippen molar-refractivity contribution in [1.82, 2.24) is 14.6 Å². The number of pyridine rings is 1. The normalized spacial score (nSPS) is 10.8. The fourth-order valence-electron chi connectivity index (χ4n) is 2.18. The molecule has 19 heavy (non-hydrogen) atoms. The molecule has 0 radical (unpaired) electrons. The van der Waals surface area contributed by atoms with Gasteiger partial charge >= 0.3 is 0 Å². The number of aromatic nitrogens is 3. The van der Waals surface area contributed by atoms with Crippen LogP contribution in [0, 0.1) is 6.92 Å². The number of rotatable bonds is 2. The Morgan fingerprint density at radius 1 is 1.16 bits per heavy atom. The number of nitrogens with two attached hydrogens (primary N) is 1. The second kappa shape index (κ2) is 4.28. The fourth-order valence-corrected chi connectivity index (χ4v) is 2.18. The molecule has 96 valence electrons. The average Bonchev–Trinajstić information content (AvgIpc) is 2.80. The molecule has 0 aliphatic carbocycles. The third-order valence-corrected chi connectivity index (χ3v) is 3.11. The van der Waals surface area contributed by atoms with Gasteiger partial charge in [0, 0.05) is 5.56 Å². The van der Waals surface area contributed by atoms with Gasteiger partial charge in [-0.15, -0.1) is 5.10 Å². The molecule has 3 rings (SSSR count). The van der Waals surface area contributed by atoms with Crippen LogP contribution < -0.4 is 10.5 Å². The number of hydrogen-bond acceptors (Lipinski definition) is 4. The number of fused-ring (bicyclic) bond motifs is 1. The lowest BCUT2D eigenvalue weighted by Gasteiger charge is -2.09. The zero-order chi connectivity index (χ0) is 13.4. The van der Waals surface area contributed by atoms with Gasteiger partial charge in [-0.2, -0.15) is 4.98 Å². The number of anilines is 1. The van der Waals surface area contributed by atoms with Crippen molar-refractivity contribution < 1.29 is 4.74 Å². The van der Waals surface area contributed by atoms with Crippen LogP contribution >= 0.6 is 0 Å². The highest BCUT2D eigenvalue weighted by atomic mass is 16.5. The van der Waals surface area contributed by atoms with Crippen LogP contribution in [0.15, 0.2) is 36.4 Å². The van der Waals surface area contributed by atoms with Crippen LogP contribution in [0.1, 0.15) is 5.56 Å². The Kier molecular flexibility index (Phi) is 2.59. The van der Waals surface area contributed by atoms with Crippen LogP contribution in [0.3, 0.4) is 0 Å². The number of nitrogen functional groups attached to an aromatic ring is 1. The van der Waals surface area contributed by atoms with E-state index in [0.29, 0.717) is 11.4 Å². The molecule has 0 unspecified atom stereocenters. The molecule has 0 fully saturated rings. The van der Waals surface area contributed by atoms with E-state index in [-0.39, 0.29) is 5.95 Å². The van der Waals surface area contributed by atoms with Crippen molar-refractivity contribution >= 4 is 11.6 Å². The van der Waals surface area contributed by atoms with E-state index in [1.165, 1.54) is 5.56 Å². The molecule has 0 aliphatic rings. The third kappa shape index (κ3) is 1.79. The molecule has 0 bridgehead atoms. The molecule has 5 nitrogen and oxygen atoms in total. The maximum atomic E-state index is 5.70. The summed E-state index contributed by atoms with van der Waals surface area (Å²) in [7, 11) is 1.60. The first-order valence-electron chi connectivity index (χ1n) is 5.96. The SMILES string of the molecule is COc1ccc(-c2ccccc2C)n2nc(N)nc12. The lowest BCUT2D eigenvalue weighted by Crippen LogP contribution is -1.98. The summed E-state index contributed by atoms with van der Waals surface area (Å²) in [6, 6.07) is 12.0. The predicted molar refractivity (Wildman–Crippen MR) is 74.1 cm³/mol. The fraction of sp³-hybridized carbons (Fsp3) is 0.143. The van der Waals surface area contributed by atoms with Gasteiger partial charge in [0.25, 0.3) is 0 Å². The minimum absolute atomic E-state index is 0.235. The summed E-state index contributed by atoms with van der Waals surface area (Å²) in [5.74, 6) is 0.890. The minimum atomic E-state index is 0.235. The third-order valence-electron chi connectivity index (χ3n) is 3.11. The van der Waals surface area contributed by atoms with Gasteiger partial charge in [-0.3, -0.25) is 0 Å². The van der Waals surface area contributed by atoms with Gasteiger partial charge in [0.05, 0.1) is 12.8 Å². The largest absolute Gasteiger partial charge is 0.493 e. The molecule has 0 saturated heterocycles. The van der Waals surface area contributed by atoms with Gasteiger partial charge in [-0.05, 0) is 24.6 Å². The van der Waals surface area contributed by atoms with Crippen LogP contribution in [0.5, 0.6) is 5.75 Å². The standard InChI is InChI=1S/C14H14N4O/c1-9-5-3-4-6-10(9)11-7-8-12(19-2)13-16-14(15)17-18(11)13/h3-8H,1-2H3,(H2,15,17). The smallest absolute Gasteiger partial charge is 0.240 e. The van der Waals surface area contributed by atoms with E-state index >= 15 is 0 Å². The van der Waals surface area contributed by atoms with Crippen LogP contribution in [0.4, 0.5) is 5.95 Å². The van der Waals surface area contributed by atoms with Crippen molar-refractivity contribution in [2.24, 2.45) is 0 Å². The Morgan fingerprint density at radius 3 is 2.68 bits per heavy atom. The monoisotopic (exact) mass is 254 g/mol. The van der Waals surface area contributed by atoms with Gasteiger partial charge in [0.15, 0.2) is 11.4 Å². The predicted octanol–water partition coefficient (Wildman–Crippen LogP) is 2.30. The lowest BCUT2D eigenvalue weighted by molar-refractivity contribution is 0.416. The summed E-state index contributed by atoms with van der Waals surface area (Å²) in [4.78, 5) is 4.20. The van der Waals surface area contributed by atoms with E-state index in [1.807, 2.05) is 24.3 Å². The quantitative estimate of drug-likeness (QED) is 0.762. The van der Waals surface area contributed by atoms with E-state index in [9.17, 15) is 0 Å². The molecule has 2 aromatic heterocycles. The maximum Gasteiger partial charge on any atom is 0.240 e. The van der Waals surface area contributed by atoms with E-state index in [2.05, 4.69) is 29.1 Å². The molecule has 0 spiro atoms. The molecule has 2 heterocycles. The van der Waals surface area contributed by atoms with Crippen molar-refractivity contribution in [3.63, 3.8) is 0 Å². The zero-order valence-electron chi connectivity index (χ0n) is 10.8. The average molecular weight is 254 g/mol. The van der Waals surface area contributed by atoms with Gasteiger partial charge < -0.3 is 10.5 Å². The number of methoxy groups -OCH3 is 1. The number of nitrogens with zero attached hydrogens (tertiary/aromatic N) is 3. The van der Waals surface area contributed by atoms with Gasteiger partial charge in [0.1, 0.15) is 0 Å². The van der Waals surface area contributed by atoms with E-state index in [0.717, 1.165) is 11.3 Å². The first-order chi connectivity index (χ1) is 9.20. The van der Waals surface area contributed by atoms with Gasteiger partial charge in [-0.1, -0.05) is 24.3 Å². The minimum Gasteiger partial charge on any atom is -0.493 e. The lowest BCUT2D eigenvalue weighted by atomic mass is 10.1. The number of ether oxygens (including phenoxy) is 1. The molecule has 0 amide bonds. The Labute approximate surface area is 110 Å². The molecule has 1 aromatic carbocycles. The second-order valence-corrected chi connectivity index (χ2v) is 4.31. The summed E-state index contributed by atoms with van der Waals surface area (Å²) in [6.07, 6.45) is 0.